The molecule has 4 heteroatoms. The van der Waals surface area contributed by atoms with Gasteiger partial charge in [-0.05, 0) is 43.9 Å². The van der Waals surface area contributed by atoms with Crippen LogP contribution in [0.1, 0.15) is 70.6 Å². The molecule has 0 aromatic rings. The Morgan fingerprint density at radius 3 is 2.41 bits per heavy atom. The summed E-state index contributed by atoms with van der Waals surface area (Å²) in [7, 11) is 0. The third kappa shape index (κ3) is 6.66. The molecule has 2 rings (SSSR count). The Labute approximate surface area is 134 Å². The standard InChI is InChI=1S/C18H32O4/c19-18(20)10-4-2-1-3-7-15-13-21-14-16(15)11-12-22-17-8-5-6-9-17/h15-17H,1-14H2,(H,19,20). The van der Waals surface area contributed by atoms with Crippen molar-refractivity contribution in [2.75, 3.05) is 19.8 Å². The van der Waals surface area contributed by atoms with Gasteiger partial charge in [0, 0.05) is 26.2 Å². The molecule has 0 aromatic carbocycles. The number of carboxylic acid groups (broad SMARTS) is 1. The van der Waals surface area contributed by atoms with E-state index in [1.165, 1.54) is 38.5 Å². The van der Waals surface area contributed by atoms with Crippen molar-refractivity contribution in [3.8, 4) is 0 Å². The number of hydrogen-bond donors (Lipinski definition) is 1. The van der Waals surface area contributed by atoms with Crippen molar-refractivity contribution >= 4 is 5.97 Å². The lowest BCUT2D eigenvalue weighted by molar-refractivity contribution is -0.137. The molecule has 1 N–H and O–H groups in total. The average molecular weight is 312 g/mol. The van der Waals surface area contributed by atoms with Gasteiger partial charge in [-0.15, -0.1) is 0 Å². The fraction of sp³-hybridized carbons (Fsp3) is 0.944. The Morgan fingerprint density at radius 2 is 1.68 bits per heavy atom. The van der Waals surface area contributed by atoms with Crippen LogP contribution in [0.5, 0.6) is 0 Å². The second-order valence-corrected chi connectivity index (χ2v) is 6.97. The molecule has 0 bridgehead atoms. The van der Waals surface area contributed by atoms with E-state index in [1.807, 2.05) is 0 Å². The molecule has 128 valence electrons. The summed E-state index contributed by atoms with van der Waals surface area (Å²) in [6.07, 6.45) is 12.6. The minimum atomic E-state index is -0.675. The molecule has 1 saturated heterocycles. The molecule has 1 aliphatic carbocycles. The van der Waals surface area contributed by atoms with Gasteiger partial charge in [0.15, 0.2) is 0 Å². The number of ether oxygens (including phenoxy) is 2. The first-order valence-electron chi connectivity index (χ1n) is 9.17. The minimum Gasteiger partial charge on any atom is -0.481 e. The quantitative estimate of drug-likeness (QED) is 0.585. The van der Waals surface area contributed by atoms with Crippen molar-refractivity contribution in [1.29, 1.82) is 0 Å². The summed E-state index contributed by atoms with van der Waals surface area (Å²) < 4.78 is 11.7. The predicted octanol–water partition coefficient (Wildman–Crippen LogP) is 4.02. The van der Waals surface area contributed by atoms with Gasteiger partial charge in [0.25, 0.3) is 0 Å². The van der Waals surface area contributed by atoms with Crippen LogP contribution in [-0.4, -0.2) is 37.0 Å². The van der Waals surface area contributed by atoms with Crippen molar-refractivity contribution in [1.82, 2.24) is 0 Å². The summed E-state index contributed by atoms with van der Waals surface area (Å²) in [6.45, 7) is 2.70. The van der Waals surface area contributed by atoms with Crippen LogP contribution in [0, 0.1) is 11.8 Å². The van der Waals surface area contributed by atoms with Crippen LogP contribution >= 0.6 is 0 Å². The Kier molecular flexibility index (Phi) is 8.24. The van der Waals surface area contributed by atoms with Crippen LogP contribution in [0.15, 0.2) is 0 Å². The minimum absolute atomic E-state index is 0.313. The molecule has 0 aromatic heterocycles. The lowest BCUT2D eigenvalue weighted by Gasteiger charge is -2.19. The Balaban J connectivity index is 1.50. The van der Waals surface area contributed by atoms with E-state index in [-0.39, 0.29) is 0 Å². The first-order chi connectivity index (χ1) is 10.8. The summed E-state index contributed by atoms with van der Waals surface area (Å²) in [5, 5.41) is 8.61. The highest BCUT2D eigenvalue weighted by molar-refractivity contribution is 5.66. The first-order valence-corrected chi connectivity index (χ1v) is 9.17. The fourth-order valence-corrected chi connectivity index (χ4v) is 3.76. The van der Waals surface area contributed by atoms with Gasteiger partial charge in [0.1, 0.15) is 0 Å². The number of carboxylic acids is 1. The van der Waals surface area contributed by atoms with E-state index in [9.17, 15) is 4.79 Å². The third-order valence-corrected chi connectivity index (χ3v) is 5.19. The summed E-state index contributed by atoms with van der Waals surface area (Å²) in [4.78, 5) is 10.5. The van der Waals surface area contributed by atoms with Gasteiger partial charge < -0.3 is 14.6 Å². The molecule has 1 aliphatic heterocycles. The van der Waals surface area contributed by atoms with E-state index in [4.69, 9.17) is 14.6 Å². The highest BCUT2D eigenvalue weighted by Crippen LogP contribution is 2.29. The molecule has 22 heavy (non-hydrogen) atoms. The van der Waals surface area contributed by atoms with Crippen LogP contribution in [0.4, 0.5) is 0 Å². The predicted molar refractivity (Wildman–Crippen MR) is 86.0 cm³/mol. The molecule has 4 nitrogen and oxygen atoms in total. The van der Waals surface area contributed by atoms with Gasteiger partial charge in [0.05, 0.1) is 6.10 Å². The van der Waals surface area contributed by atoms with Crippen molar-refractivity contribution < 1.29 is 19.4 Å². The molecule has 0 amide bonds. The topological polar surface area (TPSA) is 55.8 Å². The van der Waals surface area contributed by atoms with Gasteiger partial charge in [-0.3, -0.25) is 4.79 Å². The summed E-state index contributed by atoms with van der Waals surface area (Å²) in [6, 6.07) is 0. The van der Waals surface area contributed by atoms with Crippen molar-refractivity contribution in [2.45, 2.75) is 76.7 Å². The Morgan fingerprint density at radius 1 is 1.00 bits per heavy atom. The maximum atomic E-state index is 10.5. The zero-order valence-electron chi connectivity index (χ0n) is 13.8. The molecule has 1 saturated carbocycles. The van der Waals surface area contributed by atoms with E-state index < -0.39 is 5.97 Å². The van der Waals surface area contributed by atoms with Crippen molar-refractivity contribution in [3.05, 3.63) is 0 Å². The van der Waals surface area contributed by atoms with E-state index >= 15 is 0 Å². The Hall–Kier alpha value is -0.610. The number of carbonyl (C=O) groups is 1. The first kappa shape index (κ1) is 17.7. The molecular weight excluding hydrogens is 280 g/mol. The summed E-state index contributed by atoms with van der Waals surface area (Å²) in [5.74, 6) is 0.679. The van der Waals surface area contributed by atoms with E-state index in [0.717, 1.165) is 45.5 Å². The van der Waals surface area contributed by atoms with Gasteiger partial charge in [0.2, 0.25) is 0 Å². The molecule has 0 radical (unpaired) electrons. The van der Waals surface area contributed by atoms with E-state index in [1.54, 1.807) is 0 Å². The normalized spacial score (nSPS) is 25.8. The van der Waals surface area contributed by atoms with Gasteiger partial charge in [-0.25, -0.2) is 0 Å². The van der Waals surface area contributed by atoms with E-state index in [2.05, 4.69) is 0 Å². The number of aliphatic carboxylic acids is 1. The molecule has 2 unspecified atom stereocenters. The maximum Gasteiger partial charge on any atom is 0.303 e. The van der Waals surface area contributed by atoms with Crippen LogP contribution in [0.3, 0.4) is 0 Å². The van der Waals surface area contributed by atoms with Gasteiger partial charge >= 0.3 is 5.97 Å². The second-order valence-electron chi connectivity index (χ2n) is 6.97. The second kappa shape index (κ2) is 10.2. The molecule has 2 atom stereocenters. The number of unbranched alkanes of at least 4 members (excludes halogenated alkanes) is 3. The SMILES string of the molecule is O=C(O)CCCCCCC1COCC1CCOC1CCCC1. The zero-order chi connectivity index (χ0) is 15.6. The van der Waals surface area contributed by atoms with Crippen LogP contribution in [0.25, 0.3) is 0 Å². The summed E-state index contributed by atoms with van der Waals surface area (Å²) in [5.41, 5.74) is 0. The monoisotopic (exact) mass is 312 g/mol. The smallest absolute Gasteiger partial charge is 0.303 e. The molecule has 2 aliphatic rings. The van der Waals surface area contributed by atoms with Gasteiger partial charge in [-0.1, -0.05) is 32.1 Å². The molecular formula is C18H32O4. The highest BCUT2D eigenvalue weighted by Gasteiger charge is 2.27. The summed E-state index contributed by atoms with van der Waals surface area (Å²) >= 11 is 0. The highest BCUT2D eigenvalue weighted by atomic mass is 16.5. The van der Waals surface area contributed by atoms with Crippen molar-refractivity contribution in [2.24, 2.45) is 11.8 Å². The fourth-order valence-electron chi connectivity index (χ4n) is 3.76. The number of rotatable bonds is 11. The third-order valence-electron chi connectivity index (χ3n) is 5.19. The molecule has 0 spiro atoms. The maximum absolute atomic E-state index is 10.5. The lowest BCUT2D eigenvalue weighted by atomic mass is 9.88. The zero-order valence-corrected chi connectivity index (χ0v) is 13.8. The number of hydrogen-bond acceptors (Lipinski definition) is 3. The lowest BCUT2D eigenvalue weighted by Crippen LogP contribution is -2.17. The van der Waals surface area contributed by atoms with Gasteiger partial charge in [-0.2, -0.15) is 0 Å². The molecule has 1 heterocycles. The van der Waals surface area contributed by atoms with Crippen LogP contribution < -0.4 is 0 Å². The largest absolute Gasteiger partial charge is 0.481 e. The molecule has 2 fully saturated rings. The van der Waals surface area contributed by atoms with Crippen LogP contribution in [-0.2, 0) is 14.3 Å². The average Bonchev–Trinajstić information content (AvgIpc) is 3.14. The Bertz CT molecular complexity index is 312. The van der Waals surface area contributed by atoms with Crippen molar-refractivity contribution in [3.63, 3.8) is 0 Å². The van der Waals surface area contributed by atoms with Crippen LogP contribution in [0.2, 0.25) is 0 Å². The van der Waals surface area contributed by atoms with E-state index in [0.29, 0.717) is 24.4 Å².